The first-order valence-electron chi connectivity index (χ1n) is 5.27. The van der Waals surface area contributed by atoms with Gasteiger partial charge in [-0.1, -0.05) is 6.92 Å². The number of methoxy groups -OCH3 is 1. The Kier molecular flexibility index (Phi) is 2.67. The number of hydrogen-bond donors (Lipinski definition) is 0. The number of aryl methyl sites for hydroxylation is 1. The highest BCUT2D eigenvalue weighted by atomic mass is 35.5. The van der Waals surface area contributed by atoms with Crippen LogP contribution in [0.5, 0.6) is 5.75 Å². The minimum atomic E-state index is 0.114. The Hall–Kier alpha value is -0.700. The Bertz CT molecular complexity index is 363. The number of aromatic nitrogens is 2. The van der Waals surface area contributed by atoms with Crippen molar-refractivity contribution in [1.29, 1.82) is 0 Å². The van der Waals surface area contributed by atoms with Gasteiger partial charge in [0.1, 0.15) is 0 Å². The first-order chi connectivity index (χ1) is 7.07. The average Bonchev–Trinajstić information content (AvgIpc) is 2.71. The Morgan fingerprint density at radius 1 is 1.67 bits per heavy atom. The Morgan fingerprint density at radius 2 is 2.40 bits per heavy atom. The third-order valence-electron chi connectivity index (χ3n) is 3.38. The summed E-state index contributed by atoms with van der Waals surface area (Å²) in [6.45, 7) is 2.24. The fourth-order valence-electron chi connectivity index (χ4n) is 2.64. The van der Waals surface area contributed by atoms with Gasteiger partial charge in [0, 0.05) is 17.8 Å². The molecule has 15 heavy (non-hydrogen) atoms. The molecular weight excluding hydrogens is 212 g/mol. The van der Waals surface area contributed by atoms with Crippen LogP contribution in [0.2, 0.25) is 0 Å². The maximum atomic E-state index is 6.19. The molecule has 3 nitrogen and oxygen atoms in total. The summed E-state index contributed by atoms with van der Waals surface area (Å²) in [5, 5.41) is 4.54. The molecule has 2 unspecified atom stereocenters. The van der Waals surface area contributed by atoms with E-state index in [1.807, 2.05) is 11.7 Å². The molecular formula is C11H17ClN2O. The lowest BCUT2D eigenvalue weighted by Crippen LogP contribution is -2.22. The first kappa shape index (κ1) is 10.8. The summed E-state index contributed by atoms with van der Waals surface area (Å²) in [5.74, 6) is 0.880. The molecule has 0 aliphatic heterocycles. The Balaban J connectivity index is 2.39. The van der Waals surface area contributed by atoms with Crippen LogP contribution in [0.4, 0.5) is 0 Å². The molecule has 2 rings (SSSR count). The topological polar surface area (TPSA) is 27.1 Å². The molecule has 0 saturated heterocycles. The molecule has 1 aromatic rings. The van der Waals surface area contributed by atoms with Crippen LogP contribution in [0.1, 0.15) is 31.9 Å². The summed E-state index contributed by atoms with van der Waals surface area (Å²) in [4.78, 5) is 0. The average molecular weight is 229 g/mol. The third kappa shape index (κ3) is 1.73. The van der Waals surface area contributed by atoms with Crippen molar-refractivity contribution in [2.45, 2.75) is 37.0 Å². The van der Waals surface area contributed by atoms with Crippen molar-refractivity contribution in [3.63, 3.8) is 0 Å². The second-order valence-electron chi connectivity index (χ2n) is 4.59. The second kappa shape index (κ2) is 3.71. The molecule has 0 amide bonds. The quantitative estimate of drug-likeness (QED) is 0.728. The van der Waals surface area contributed by atoms with Gasteiger partial charge in [-0.15, -0.1) is 11.6 Å². The van der Waals surface area contributed by atoms with Crippen molar-refractivity contribution in [1.82, 2.24) is 9.78 Å². The minimum Gasteiger partial charge on any atom is -0.493 e. The summed E-state index contributed by atoms with van der Waals surface area (Å²) < 4.78 is 7.26. The number of ether oxygens (including phenoxy) is 1. The predicted octanol–water partition coefficient (Wildman–Crippen LogP) is 2.48. The summed E-state index contributed by atoms with van der Waals surface area (Å²) in [5.41, 5.74) is 1.29. The van der Waals surface area contributed by atoms with Gasteiger partial charge in [-0.25, -0.2) is 0 Å². The molecule has 0 radical (unpaired) electrons. The maximum Gasteiger partial charge on any atom is 0.160 e. The molecule has 1 fully saturated rings. The van der Waals surface area contributed by atoms with Crippen molar-refractivity contribution < 1.29 is 4.74 Å². The Labute approximate surface area is 95.4 Å². The van der Waals surface area contributed by atoms with Crippen LogP contribution in [0.25, 0.3) is 0 Å². The van der Waals surface area contributed by atoms with Crippen LogP contribution in [-0.2, 0) is 12.5 Å². The van der Waals surface area contributed by atoms with E-state index in [4.69, 9.17) is 16.3 Å². The van der Waals surface area contributed by atoms with E-state index in [1.165, 1.54) is 5.69 Å². The van der Waals surface area contributed by atoms with Gasteiger partial charge in [0.05, 0.1) is 19.0 Å². The predicted molar refractivity (Wildman–Crippen MR) is 60.6 cm³/mol. The van der Waals surface area contributed by atoms with Crippen LogP contribution in [-0.4, -0.2) is 22.3 Å². The number of rotatable bonds is 2. The fourth-order valence-corrected chi connectivity index (χ4v) is 3.09. The van der Waals surface area contributed by atoms with Gasteiger partial charge in [-0.3, -0.25) is 4.68 Å². The summed E-state index contributed by atoms with van der Waals surface area (Å²) in [7, 11) is 3.65. The summed E-state index contributed by atoms with van der Waals surface area (Å²) >= 11 is 6.19. The highest BCUT2D eigenvalue weighted by Gasteiger charge is 2.39. The van der Waals surface area contributed by atoms with E-state index in [-0.39, 0.29) is 10.8 Å². The SMILES string of the molecule is COc1cnn(C)c1C1(C)CCC(Cl)C1. The van der Waals surface area contributed by atoms with Crippen molar-refractivity contribution in [3.8, 4) is 5.75 Å². The van der Waals surface area contributed by atoms with Crippen molar-refractivity contribution in [3.05, 3.63) is 11.9 Å². The van der Waals surface area contributed by atoms with Gasteiger partial charge in [0.15, 0.2) is 5.75 Å². The third-order valence-corrected chi connectivity index (χ3v) is 3.75. The van der Waals surface area contributed by atoms with Crippen molar-refractivity contribution in [2.24, 2.45) is 7.05 Å². The summed E-state index contributed by atoms with van der Waals surface area (Å²) in [6, 6.07) is 0. The van der Waals surface area contributed by atoms with Gasteiger partial charge >= 0.3 is 0 Å². The van der Waals surface area contributed by atoms with Crippen LogP contribution < -0.4 is 4.74 Å². The molecule has 1 heterocycles. The standard InChI is InChI=1S/C11H17ClN2O/c1-11(5-4-8(12)6-11)10-9(15-3)7-13-14(10)2/h7-8H,4-6H2,1-3H3. The van der Waals surface area contributed by atoms with Crippen molar-refractivity contribution in [2.75, 3.05) is 7.11 Å². The molecule has 2 atom stereocenters. The molecule has 1 aliphatic carbocycles. The van der Waals surface area contributed by atoms with Crippen LogP contribution in [0, 0.1) is 0 Å². The molecule has 0 aromatic carbocycles. The normalized spacial score (nSPS) is 30.8. The van der Waals surface area contributed by atoms with Gasteiger partial charge in [0.25, 0.3) is 0 Å². The highest BCUT2D eigenvalue weighted by molar-refractivity contribution is 6.20. The van der Waals surface area contributed by atoms with Crippen LogP contribution in [0.15, 0.2) is 6.20 Å². The number of nitrogens with zero attached hydrogens (tertiary/aromatic N) is 2. The minimum absolute atomic E-state index is 0.114. The van der Waals surface area contributed by atoms with Crippen LogP contribution >= 0.6 is 11.6 Å². The molecule has 1 saturated carbocycles. The summed E-state index contributed by atoms with van der Waals surface area (Å²) in [6.07, 6.45) is 4.97. The van der Waals surface area contributed by atoms with E-state index in [1.54, 1.807) is 13.3 Å². The molecule has 0 N–H and O–H groups in total. The number of hydrogen-bond acceptors (Lipinski definition) is 2. The van der Waals surface area contributed by atoms with Gasteiger partial charge in [0.2, 0.25) is 0 Å². The van der Waals surface area contributed by atoms with Crippen LogP contribution in [0.3, 0.4) is 0 Å². The maximum absolute atomic E-state index is 6.19. The largest absolute Gasteiger partial charge is 0.493 e. The number of halogens is 1. The monoisotopic (exact) mass is 228 g/mol. The zero-order chi connectivity index (χ0) is 11.1. The lowest BCUT2D eigenvalue weighted by Gasteiger charge is -2.24. The van der Waals surface area contributed by atoms with Crippen molar-refractivity contribution >= 4 is 11.6 Å². The zero-order valence-corrected chi connectivity index (χ0v) is 10.2. The van der Waals surface area contributed by atoms with E-state index in [0.29, 0.717) is 0 Å². The fraction of sp³-hybridized carbons (Fsp3) is 0.727. The lowest BCUT2D eigenvalue weighted by atomic mass is 9.84. The van der Waals surface area contributed by atoms with E-state index >= 15 is 0 Å². The second-order valence-corrected chi connectivity index (χ2v) is 5.20. The van der Waals surface area contributed by atoms with E-state index in [2.05, 4.69) is 12.0 Å². The molecule has 4 heteroatoms. The number of alkyl halides is 1. The van der Waals surface area contributed by atoms with Gasteiger partial charge < -0.3 is 4.74 Å². The van der Waals surface area contributed by atoms with E-state index in [9.17, 15) is 0 Å². The highest BCUT2D eigenvalue weighted by Crippen LogP contribution is 2.45. The van der Waals surface area contributed by atoms with Gasteiger partial charge in [-0.2, -0.15) is 5.10 Å². The molecule has 84 valence electrons. The molecule has 1 aliphatic rings. The molecule has 0 spiro atoms. The Morgan fingerprint density at radius 3 is 2.93 bits per heavy atom. The van der Waals surface area contributed by atoms with E-state index in [0.717, 1.165) is 25.0 Å². The van der Waals surface area contributed by atoms with Gasteiger partial charge in [-0.05, 0) is 19.3 Å². The molecule has 1 aromatic heterocycles. The first-order valence-corrected chi connectivity index (χ1v) is 5.71. The van der Waals surface area contributed by atoms with E-state index < -0.39 is 0 Å². The zero-order valence-electron chi connectivity index (χ0n) is 9.46. The lowest BCUT2D eigenvalue weighted by molar-refractivity contribution is 0.375. The smallest absolute Gasteiger partial charge is 0.160 e. The molecule has 0 bridgehead atoms.